The Hall–Kier alpha value is -2.69. The number of nitrogens with one attached hydrogen (secondary N) is 2. The summed E-state index contributed by atoms with van der Waals surface area (Å²) < 4.78 is 10.6. The van der Waals surface area contributed by atoms with E-state index in [-0.39, 0.29) is 5.91 Å². The second-order valence-electron chi connectivity index (χ2n) is 5.47. The number of benzene rings is 2. The predicted octanol–water partition coefficient (Wildman–Crippen LogP) is 3.13. The first-order valence-electron chi connectivity index (χ1n) is 7.91. The molecule has 5 heteroatoms. The first-order valence-corrected chi connectivity index (χ1v) is 7.91. The van der Waals surface area contributed by atoms with Gasteiger partial charge in [0, 0.05) is 25.1 Å². The summed E-state index contributed by atoms with van der Waals surface area (Å²) in [7, 11) is 3.26. The van der Waals surface area contributed by atoms with Crippen molar-refractivity contribution in [3.63, 3.8) is 0 Å². The average molecular weight is 328 g/mol. The molecule has 0 fully saturated rings. The first kappa shape index (κ1) is 17.7. The fraction of sp³-hybridized carbons (Fsp3) is 0.316. The van der Waals surface area contributed by atoms with Gasteiger partial charge in [-0.05, 0) is 30.7 Å². The minimum atomic E-state index is -0.0139. The normalized spacial score (nSPS) is 10.1. The molecular weight excluding hydrogens is 304 g/mol. The number of ether oxygens (including phenoxy) is 2. The van der Waals surface area contributed by atoms with Crippen LogP contribution in [0.25, 0.3) is 0 Å². The molecule has 0 aliphatic heterocycles. The molecule has 0 aliphatic rings. The zero-order valence-corrected chi connectivity index (χ0v) is 14.4. The fourth-order valence-corrected chi connectivity index (χ4v) is 2.40. The van der Waals surface area contributed by atoms with E-state index < -0.39 is 0 Å². The van der Waals surface area contributed by atoms with E-state index in [1.165, 1.54) is 0 Å². The van der Waals surface area contributed by atoms with E-state index in [0.29, 0.717) is 19.5 Å². The molecule has 0 heterocycles. The number of methoxy groups -OCH3 is 2. The summed E-state index contributed by atoms with van der Waals surface area (Å²) in [5, 5.41) is 6.16. The van der Waals surface area contributed by atoms with Gasteiger partial charge in [-0.3, -0.25) is 4.79 Å². The molecule has 24 heavy (non-hydrogen) atoms. The molecule has 0 bridgehead atoms. The van der Waals surface area contributed by atoms with Crippen molar-refractivity contribution in [3.05, 3.63) is 53.6 Å². The van der Waals surface area contributed by atoms with E-state index in [1.54, 1.807) is 14.2 Å². The SMILES string of the molecule is COc1ccccc1CNC(=O)CCNc1cc(C)ccc1OC. The highest BCUT2D eigenvalue weighted by Crippen LogP contribution is 2.25. The van der Waals surface area contributed by atoms with E-state index >= 15 is 0 Å². The molecule has 0 spiro atoms. The van der Waals surface area contributed by atoms with Crippen molar-refractivity contribution in [2.45, 2.75) is 19.9 Å². The van der Waals surface area contributed by atoms with Crippen LogP contribution >= 0.6 is 0 Å². The number of anilines is 1. The molecule has 2 N–H and O–H groups in total. The van der Waals surface area contributed by atoms with Crippen molar-refractivity contribution >= 4 is 11.6 Å². The van der Waals surface area contributed by atoms with E-state index in [1.807, 2.05) is 49.4 Å². The average Bonchev–Trinajstić information content (AvgIpc) is 2.60. The Kier molecular flexibility index (Phi) is 6.49. The fourth-order valence-electron chi connectivity index (χ4n) is 2.40. The van der Waals surface area contributed by atoms with Gasteiger partial charge >= 0.3 is 0 Å². The molecule has 0 saturated carbocycles. The van der Waals surface area contributed by atoms with Crippen molar-refractivity contribution < 1.29 is 14.3 Å². The Morgan fingerprint density at radius 2 is 1.79 bits per heavy atom. The Balaban J connectivity index is 1.80. The Morgan fingerprint density at radius 3 is 2.54 bits per heavy atom. The van der Waals surface area contributed by atoms with Gasteiger partial charge in [0.15, 0.2) is 0 Å². The van der Waals surface area contributed by atoms with Gasteiger partial charge in [0.05, 0.1) is 19.9 Å². The lowest BCUT2D eigenvalue weighted by atomic mass is 10.2. The van der Waals surface area contributed by atoms with E-state index in [0.717, 1.165) is 28.3 Å². The maximum absolute atomic E-state index is 12.0. The number of aryl methyl sites for hydroxylation is 1. The molecular formula is C19H24N2O3. The summed E-state index contributed by atoms with van der Waals surface area (Å²) in [6.07, 6.45) is 0.381. The van der Waals surface area contributed by atoms with Gasteiger partial charge < -0.3 is 20.1 Å². The summed E-state index contributed by atoms with van der Waals surface area (Å²) in [6, 6.07) is 13.6. The van der Waals surface area contributed by atoms with Crippen LogP contribution in [0.3, 0.4) is 0 Å². The zero-order valence-electron chi connectivity index (χ0n) is 14.4. The van der Waals surface area contributed by atoms with Gasteiger partial charge in [-0.2, -0.15) is 0 Å². The number of para-hydroxylation sites is 1. The molecule has 0 saturated heterocycles. The smallest absolute Gasteiger partial charge is 0.222 e. The van der Waals surface area contributed by atoms with Crippen LogP contribution in [-0.4, -0.2) is 26.7 Å². The van der Waals surface area contributed by atoms with Crippen molar-refractivity contribution in [1.82, 2.24) is 5.32 Å². The molecule has 1 amide bonds. The topological polar surface area (TPSA) is 59.6 Å². The summed E-state index contributed by atoms with van der Waals surface area (Å²) in [5.41, 5.74) is 3.00. The van der Waals surface area contributed by atoms with E-state index in [9.17, 15) is 4.79 Å². The van der Waals surface area contributed by atoms with Crippen LogP contribution in [0, 0.1) is 6.92 Å². The van der Waals surface area contributed by atoms with Crippen LogP contribution < -0.4 is 20.1 Å². The molecule has 2 aromatic carbocycles. The first-order chi connectivity index (χ1) is 11.6. The van der Waals surface area contributed by atoms with Gasteiger partial charge in [0.1, 0.15) is 11.5 Å². The molecule has 0 atom stereocenters. The predicted molar refractivity (Wildman–Crippen MR) is 95.7 cm³/mol. The van der Waals surface area contributed by atoms with Crippen molar-refractivity contribution in [2.75, 3.05) is 26.1 Å². The molecule has 5 nitrogen and oxygen atoms in total. The highest BCUT2D eigenvalue weighted by atomic mass is 16.5. The maximum atomic E-state index is 12.0. The number of hydrogen-bond donors (Lipinski definition) is 2. The molecule has 128 valence electrons. The number of amides is 1. The monoisotopic (exact) mass is 328 g/mol. The molecule has 0 aliphatic carbocycles. The largest absolute Gasteiger partial charge is 0.496 e. The van der Waals surface area contributed by atoms with Gasteiger partial charge in [0.25, 0.3) is 0 Å². The third-order valence-electron chi connectivity index (χ3n) is 3.69. The number of carbonyl (C=O) groups excluding carboxylic acids is 1. The number of carbonyl (C=O) groups is 1. The number of hydrogen-bond acceptors (Lipinski definition) is 4. The van der Waals surface area contributed by atoms with Crippen LogP contribution in [0.2, 0.25) is 0 Å². The molecule has 2 aromatic rings. The highest BCUT2D eigenvalue weighted by molar-refractivity contribution is 5.76. The second-order valence-corrected chi connectivity index (χ2v) is 5.47. The molecule has 0 radical (unpaired) electrons. The van der Waals surface area contributed by atoms with Crippen LogP contribution in [0.4, 0.5) is 5.69 Å². The van der Waals surface area contributed by atoms with Crippen LogP contribution in [0.5, 0.6) is 11.5 Å². The highest BCUT2D eigenvalue weighted by Gasteiger charge is 2.06. The summed E-state index contributed by atoms with van der Waals surface area (Å²) in [6.45, 7) is 3.01. The number of rotatable bonds is 8. The van der Waals surface area contributed by atoms with Crippen molar-refractivity contribution in [2.24, 2.45) is 0 Å². The van der Waals surface area contributed by atoms with Crippen LogP contribution in [0.1, 0.15) is 17.5 Å². The van der Waals surface area contributed by atoms with E-state index in [4.69, 9.17) is 9.47 Å². The quantitative estimate of drug-likeness (QED) is 0.781. The Labute approximate surface area is 143 Å². The maximum Gasteiger partial charge on any atom is 0.222 e. The van der Waals surface area contributed by atoms with Crippen molar-refractivity contribution in [3.8, 4) is 11.5 Å². The summed E-state index contributed by atoms with van der Waals surface area (Å²) in [5.74, 6) is 1.54. The lowest BCUT2D eigenvalue weighted by Gasteiger charge is -2.12. The van der Waals surface area contributed by atoms with Gasteiger partial charge in [0.2, 0.25) is 5.91 Å². The molecule has 0 aromatic heterocycles. The lowest BCUT2D eigenvalue weighted by Crippen LogP contribution is -2.25. The standard InChI is InChI=1S/C19H24N2O3/c1-14-8-9-18(24-3)16(12-14)20-11-10-19(22)21-13-15-6-4-5-7-17(15)23-2/h4-9,12,20H,10-11,13H2,1-3H3,(H,21,22). The van der Waals surface area contributed by atoms with Gasteiger partial charge in [-0.15, -0.1) is 0 Å². The van der Waals surface area contributed by atoms with Gasteiger partial charge in [-0.1, -0.05) is 24.3 Å². The zero-order chi connectivity index (χ0) is 17.4. The second kappa shape index (κ2) is 8.82. The van der Waals surface area contributed by atoms with Gasteiger partial charge in [-0.25, -0.2) is 0 Å². The Bertz CT molecular complexity index is 686. The summed E-state index contributed by atoms with van der Waals surface area (Å²) in [4.78, 5) is 12.0. The Morgan fingerprint density at radius 1 is 1.04 bits per heavy atom. The van der Waals surface area contributed by atoms with Crippen LogP contribution in [-0.2, 0) is 11.3 Å². The third kappa shape index (κ3) is 4.91. The molecule has 0 unspecified atom stereocenters. The van der Waals surface area contributed by atoms with Crippen molar-refractivity contribution in [1.29, 1.82) is 0 Å². The van der Waals surface area contributed by atoms with Crippen LogP contribution in [0.15, 0.2) is 42.5 Å². The minimum Gasteiger partial charge on any atom is -0.496 e. The lowest BCUT2D eigenvalue weighted by molar-refractivity contribution is -0.121. The molecule has 2 rings (SSSR count). The minimum absolute atomic E-state index is 0.0139. The summed E-state index contributed by atoms with van der Waals surface area (Å²) >= 11 is 0. The van der Waals surface area contributed by atoms with E-state index in [2.05, 4.69) is 10.6 Å². The third-order valence-corrected chi connectivity index (χ3v) is 3.69.